The van der Waals surface area contributed by atoms with Crippen molar-refractivity contribution in [3.8, 4) is 11.3 Å². The van der Waals surface area contributed by atoms with Crippen molar-refractivity contribution in [1.82, 2.24) is 9.88 Å². The number of carbonyl (C=O) groups is 1. The number of likely N-dealkylation sites (tertiary alicyclic amines) is 1. The molecule has 0 saturated carbocycles. The van der Waals surface area contributed by atoms with Gasteiger partial charge in [0.15, 0.2) is 11.5 Å². The molecule has 0 N–H and O–H groups in total. The lowest BCUT2D eigenvalue weighted by Gasteiger charge is -2.30. The van der Waals surface area contributed by atoms with Gasteiger partial charge in [-0.25, -0.2) is 4.98 Å². The van der Waals surface area contributed by atoms with Crippen molar-refractivity contribution in [2.24, 2.45) is 5.92 Å². The Morgan fingerprint density at radius 3 is 2.63 bits per heavy atom. The highest BCUT2D eigenvalue weighted by molar-refractivity contribution is 6.30. The molecule has 0 unspecified atom stereocenters. The third-order valence-corrected chi connectivity index (χ3v) is 5.27. The third-order valence-electron chi connectivity index (χ3n) is 5.04. The average Bonchev–Trinajstić information content (AvgIpc) is 3.17. The molecule has 0 atom stereocenters. The zero-order valence-corrected chi connectivity index (χ0v) is 15.7. The van der Waals surface area contributed by atoms with Gasteiger partial charge in [0, 0.05) is 22.1 Å². The first-order valence-electron chi connectivity index (χ1n) is 9.21. The van der Waals surface area contributed by atoms with Crippen LogP contribution in [0.5, 0.6) is 0 Å². The maximum atomic E-state index is 12.6. The number of ketones is 1. The van der Waals surface area contributed by atoms with Gasteiger partial charge in [0.05, 0.1) is 12.7 Å². The molecule has 4 rings (SSSR count). The zero-order chi connectivity index (χ0) is 18.6. The Balaban J connectivity index is 1.34. The Kier molecular flexibility index (Phi) is 5.37. The highest BCUT2D eigenvalue weighted by Crippen LogP contribution is 2.26. The Morgan fingerprint density at radius 1 is 1.11 bits per heavy atom. The molecular weight excluding hydrogens is 360 g/mol. The number of hydrogen-bond donors (Lipinski definition) is 0. The number of piperidine rings is 1. The number of aromatic nitrogens is 1. The Bertz CT molecular complexity index is 915. The van der Waals surface area contributed by atoms with E-state index in [1.807, 2.05) is 54.6 Å². The Labute approximate surface area is 163 Å². The molecule has 1 fully saturated rings. The lowest BCUT2D eigenvalue weighted by atomic mass is 9.89. The standard InChI is InChI=1S/C22H21ClN2O2/c23-19-8-4-7-18(13-19)20-14-24-21(27-20)15-25-11-9-17(10-12-25)22(26)16-5-2-1-3-6-16/h1-8,13-14,17H,9-12,15H2. The number of rotatable bonds is 5. The number of carbonyl (C=O) groups excluding carboxylic acids is 1. The van der Waals surface area contributed by atoms with Gasteiger partial charge in [0.25, 0.3) is 0 Å². The monoisotopic (exact) mass is 380 g/mol. The van der Waals surface area contributed by atoms with Crippen molar-refractivity contribution in [2.75, 3.05) is 13.1 Å². The van der Waals surface area contributed by atoms with Crippen LogP contribution in [0, 0.1) is 5.92 Å². The molecule has 1 aromatic heterocycles. The fourth-order valence-corrected chi connectivity index (χ4v) is 3.73. The zero-order valence-electron chi connectivity index (χ0n) is 15.0. The summed E-state index contributed by atoms with van der Waals surface area (Å²) >= 11 is 6.04. The average molecular weight is 381 g/mol. The van der Waals surface area contributed by atoms with Gasteiger partial charge < -0.3 is 4.42 Å². The van der Waals surface area contributed by atoms with Gasteiger partial charge in [-0.2, -0.15) is 0 Å². The predicted octanol–water partition coefficient (Wildman–Crippen LogP) is 5.09. The molecule has 0 spiro atoms. The summed E-state index contributed by atoms with van der Waals surface area (Å²) < 4.78 is 5.89. The highest BCUT2D eigenvalue weighted by atomic mass is 35.5. The molecule has 0 aliphatic carbocycles. The summed E-state index contributed by atoms with van der Waals surface area (Å²) in [5.41, 5.74) is 1.74. The summed E-state index contributed by atoms with van der Waals surface area (Å²) in [5.74, 6) is 1.78. The maximum Gasteiger partial charge on any atom is 0.209 e. The molecule has 0 radical (unpaired) electrons. The summed E-state index contributed by atoms with van der Waals surface area (Å²) in [4.78, 5) is 19.3. The molecular formula is C22H21ClN2O2. The van der Waals surface area contributed by atoms with Crippen LogP contribution in [-0.4, -0.2) is 28.8 Å². The van der Waals surface area contributed by atoms with Crippen LogP contribution in [-0.2, 0) is 6.54 Å². The van der Waals surface area contributed by atoms with Gasteiger partial charge in [-0.15, -0.1) is 0 Å². The second kappa shape index (κ2) is 8.07. The largest absolute Gasteiger partial charge is 0.439 e. The van der Waals surface area contributed by atoms with Crippen LogP contribution < -0.4 is 0 Å². The van der Waals surface area contributed by atoms with Crippen LogP contribution in [0.2, 0.25) is 5.02 Å². The topological polar surface area (TPSA) is 46.3 Å². The molecule has 1 aliphatic heterocycles. The normalized spacial score (nSPS) is 15.7. The summed E-state index contributed by atoms with van der Waals surface area (Å²) in [7, 11) is 0. The van der Waals surface area contributed by atoms with Crippen molar-refractivity contribution >= 4 is 17.4 Å². The molecule has 1 aliphatic rings. The minimum Gasteiger partial charge on any atom is -0.439 e. The van der Waals surface area contributed by atoms with Crippen LogP contribution in [0.25, 0.3) is 11.3 Å². The quantitative estimate of drug-likeness (QED) is 0.578. The molecule has 138 valence electrons. The molecule has 2 aromatic carbocycles. The van der Waals surface area contributed by atoms with Crippen LogP contribution in [0.15, 0.2) is 65.2 Å². The highest BCUT2D eigenvalue weighted by Gasteiger charge is 2.26. The van der Waals surface area contributed by atoms with Crippen LogP contribution in [0.1, 0.15) is 29.1 Å². The lowest BCUT2D eigenvalue weighted by molar-refractivity contribution is 0.0828. The fourth-order valence-electron chi connectivity index (χ4n) is 3.54. The van der Waals surface area contributed by atoms with Crippen LogP contribution in [0.3, 0.4) is 0 Å². The van der Waals surface area contributed by atoms with Gasteiger partial charge in [0.1, 0.15) is 0 Å². The summed E-state index contributed by atoms with van der Waals surface area (Å²) in [5, 5.41) is 0.676. The second-order valence-corrected chi connectivity index (χ2v) is 7.35. The molecule has 0 bridgehead atoms. The molecule has 3 aromatic rings. The summed E-state index contributed by atoms with van der Waals surface area (Å²) in [6.07, 6.45) is 3.48. The molecule has 0 amide bonds. The van der Waals surface area contributed by atoms with E-state index in [2.05, 4.69) is 9.88 Å². The van der Waals surface area contributed by atoms with Crippen molar-refractivity contribution in [1.29, 1.82) is 0 Å². The third kappa shape index (κ3) is 4.29. The van der Waals surface area contributed by atoms with E-state index in [1.165, 1.54) is 0 Å². The Hall–Kier alpha value is -2.43. The molecule has 27 heavy (non-hydrogen) atoms. The number of hydrogen-bond acceptors (Lipinski definition) is 4. The first-order valence-corrected chi connectivity index (χ1v) is 9.59. The summed E-state index contributed by atoms with van der Waals surface area (Å²) in [6, 6.07) is 17.1. The first-order chi connectivity index (χ1) is 13.2. The van der Waals surface area contributed by atoms with E-state index in [-0.39, 0.29) is 11.7 Å². The van der Waals surface area contributed by atoms with E-state index in [1.54, 1.807) is 6.20 Å². The van der Waals surface area contributed by atoms with Crippen molar-refractivity contribution < 1.29 is 9.21 Å². The number of oxazole rings is 1. The molecule has 1 saturated heterocycles. The molecule has 4 nitrogen and oxygen atoms in total. The van der Waals surface area contributed by atoms with Crippen molar-refractivity contribution in [3.05, 3.63) is 77.3 Å². The predicted molar refractivity (Wildman–Crippen MR) is 106 cm³/mol. The Morgan fingerprint density at radius 2 is 1.89 bits per heavy atom. The minimum absolute atomic E-state index is 0.107. The van der Waals surface area contributed by atoms with Gasteiger partial charge in [-0.1, -0.05) is 54.1 Å². The SMILES string of the molecule is O=C(c1ccccc1)C1CCN(Cc2ncc(-c3cccc(Cl)c3)o2)CC1. The number of benzene rings is 2. The lowest BCUT2D eigenvalue weighted by Crippen LogP contribution is -2.36. The second-order valence-electron chi connectivity index (χ2n) is 6.91. The van der Waals surface area contributed by atoms with Crippen molar-refractivity contribution in [3.63, 3.8) is 0 Å². The van der Waals surface area contributed by atoms with E-state index in [4.69, 9.17) is 16.0 Å². The van der Waals surface area contributed by atoms with Gasteiger partial charge in [-0.05, 0) is 38.1 Å². The smallest absolute Gasteiger partial charge is 0.209 e. The maximum absolute atomic E-state index is 12.6. The fraction of sp³-hybridized carbons (Fsp3) is 0.273. The van der Waals surface area contributed by atoms with Gasteiger partial charge >= 0.3 is 0 Å². The molecule has 2 heterocycles. The van der Waals surface area contributed by atoms with E-state index in [0.29, 0.717) is 17.5 Å². The number of Topliss-reactive ketones (excluding diaryl/α,β-unsaturated/α-hetero) is 1. The number of nitrogens with zero attached hydrogens (tertiary/aromatic N) is 2. The van der Waals surface area contributed by atoms with Crippen LogP contribution in [0.4, 0.5) is 0 Å². The van der Waals surface area contributed by atoms with E-state index < -0.39 is 0 Å². The van der Waals surface area contributed by atoms with Gasteiger partial charge in [0.2, 0.25) is 5.89 Å². The molecule has 5 heteroatoms. The van der Waals surface area contributed by atoms with Crippen LogP contribution >= 0.6 is 11.6 Å². The number of halogens is 1. The van der Waals surface area contributed by atoms with Gasteiger partial charge in [-0.3, -0.25) is 9.69 Å². The first kappa shape index (κ1) is 18.0. The van der Waals surface area contributed by atoms with E-state index in [0.717, 1.165) is 42.8 Å². The minimum atomic E-state index is 0.107. The summed E-state index contributed by atoms with van der Waals surface area (Å²) in [6.45, 7) is 2.41. The van der Waals surface area contributed by atoms with Crippen molar-refractivity contribution in [2.45, 2.75) is 19.4 Å². The van der Waals surface area contributed by atoms with E-state index in [9.17, 15) is 4.79 Å². The van der Waals surface area contributed by atoms with E-state index >= 15 is 0 Å².